The van der Waals surface area contributed by atoms with E-state index in [1.807, 2.05) is 4.90 Å². The van der Waals surface area contributed by atoms with Crippen LogP contribution in [0, 0.1) is 5.41 Å². The van der Waals surface area contributed by atoms with Gasteiger partial charge in [0.15, 0.2) is 0 Å². The van der Waals surface area contributed by atoms with Gasteiger partial charge in [0.25, 0.3) is 0 Å². The molecule has 0 radical (unpaired) electrons. The fourth-order valence-electron chi connectivity index (χ4n) is 2.51. The van der Waals surface area contributed by atoms with Crippen molar-refractivity contribution in [3.05, 3.63) is 0 Å². The van der Waals surface area contributed by atoms with Gasteiger partial charge in [0.05, 0.1) is 6.54 Å². The molecule has 0 bridgehead atoms. The molecule has 0 atom stereocenters. The SMILES string of the molecule is CCN(CC(=O)N1CCN(C(C)=O)CC1)CC(C)(C)CN. The molecule has 122 valence electrons. The van der Waals surface area contributed by atoms with Gasteiger partial charge in [-0.05, 0) is 18.5 Å². The van der Waals surface area contributed by atoms with E-state index in [9.17, 15) is 9.59 Å². The first-order valence-corrected chi connectivity index (χ1v) is 7.75. The van der Waals surface area contributed by atoms with Crippen molar-refractivity contribution >= 4 is 11.8 Å². The lowest BCUT2D eigenvalue weighted by atomic mass is 9.93. The first kappa shape index (κ1) is 17.9. The number of rotatable bonds is 6. The van der Waals surface area contributed by atoms with Crippen LogP contribution in [0.15, 0.2) is 0 Å². The Morgan fingerprint density at radius 2 is 1.67 bits per heavy atom. The van der Waals surface area contributed by atoms with E-state index in [-0.39, 0.29) is 17.2 Å². The second-order valence-electron chi connectivity index (χ2n) is 6.56. The molecule has 1 aliphatic rings. The highest BCUT2D eigenvalue weighted by Gasteiger charge is 2.25. The maximum atomic E-state index is 12.4. The quantitative estimate of drug-likeness (QED) is 0.748. The molecular formula is C15H30N4O2. The van der Waals surface area contributed by atoms with Crippen LogP contribution in [0.5, 0.6) is 0 Å². The Balaban J connectivity index is 2.47. The van der Waals surface area contributed by atoms with Crippen LogP contribution in [0.4, 0.5) is 0 Å². The first-order valence-electron chi connectivity index (χ1n) is 7.75. The minimum absolute atomic E-state index is 0.0175. The summed E-state index contributed by atoms with van der Waals surface area (Å²) in [5, 5.41) is 0. The van der Waals surface area contributed by atoms with Gasteiger partial charge in [-0.25, -0.2) is 0 Å². The highest BCUT2D eigenvalue weighted by Crippen LogP contribution is 2.15. The van der Waals surface area contributed by atoms with Gasteiger partial charge in [-0.3, -0.25) is 14.5 Å². The van der Waals surface area contributed by atoms with E-state index < -0.39 is 0 Å². The molecular weight excluding hydrogens is 268 g/mol. The number of hydrogen-bond donors (Lipinski definition) is 1. The van der Waals surface area contributed by atoms with Gasteiger partial charge >= 0.3 is 0 Å². The zero-order valence-electron chi connectivity index (χ0n) is 13.9. The minimum Gasteiger partial charge on any atom is -0.339 e. The number of nitrogens with two attached hydrogens (primary N) is 1. The molecule has 1 heterocycles. The van der Waals surface area contributed by atoms with E-state index in [4.69, 9.17) is 5.73 Å². The Kier molecular flexibility index (Phi) is 6.61. The molecule has 2 amide bonds. The third-order valence-corrected chi connectivity index (χ3v) is 4.09. The lowest BCUT2D eigenvalue weighted by Gasteiger charge is -2.36. The summed E-state index contributed by atoms with van der Waals surface area (Å²) in [6, 6.07) is 0. The van der Waals surface area contributed by atoms with Gasteiger partial charge in [-0.1, -0.05) is 20.8 Å². The zero-order chi connectivity index (χ0) is 16.0. The van der Waals surface area contributed by atoms with Crippen LogP contribution >= 0.6 is 0 Å². The molecule has 1 fully saturated rings. The molecule has 0 aromatic rings. The zero-order valence-corrected chi connectivity index (χ0v) is 13.9. The highest BCUT2D eigenvalue weighted by atomic mass is 16.2. The minimum atomic E-state index is 0.0175. The molecule has 0 aromatic heterocycles. The molecule has 0 aliphatic carbocycles. The standard InChI is InChI=1S/C15H30N4O2/c1-5-17(12-15(3,4)11-16)10-14(21)19-8-6-18(7-9-19)13(2)20/h5-12,16H2,1-4H3. The molecule has 0 spiro atoms. The summed E-state index contributed by atoms with van der Waals surface area (Å²) >= 11 is 0. The summed E-state index contributed by atoms with van der Waals surface area (Å²) in [4.78, 5) is 29.5. The molecule has 6 heteroatoms. The summed E-state index contributed by atoms with van der Waals surface area (Å²) < 4.78 is 0. The van der Waals surface area contributed by atoms with E-state index in [1.165, 1.54) is 0 Å². The number of carbonyl (C=O) groups excluding carboxylic acids is 2. The molecule has 0 saturated carbocycles. The van der Waals surface area contributed by atoms with Crippen LogP contribution in [0.3, 0.4) is 0 Å². The molecule has 1 aliphatic heterocycles. The topological polar surface area (TPSA) is 69.9 Å². The molecule has 1 saturated heterocycles. The smallest absolute Gasteiger partial charge is 0.236 e. The predicted molar refractivity (Wildman–Crippen MR) is 83.8 cm³/mol. The Morgan fingerprint density at radius 3 is 2.10 bits per heavy atom. The number of amides is 2. The second-order valence-corrected chi connectivity index (χ2v) is 6.56. The first-order chi connectivity index (χ1) is 9.79. The van der Waals surface area contributed by atoms with Crippen molar-refractivity contribution in [1.82, 2.24) is 14.7 Å². The van der Waals surface area contributed by atoms with E-state index in [1.54, 1.807) is 11.8 Å². The van der Waals surface area contributed by atoms with Crippen molar-refractivity contribution in [2.75, 3.05) is 52.4 Å². The number of likely N-dealkylation sites (N-methyl/N-ethyl adjacent to an activating group) is 1. The van der Waals surface area contributed by atoms with E-state index in [0.717, 1.165) is 13.1 Å². The van der Waals surface area contributed by atoms with Crippen molar-refractivity contribution in [2.45, 2.75) is 27.7 Å². The maximum Gasteiger partial charge on any atom is 0.236 e. The number of nitrogens with zero attached hydrogens (tertiary/aromatic N) is 3. The monoisotopic (exact) mass is 298 g/mol. The van der Waals surface area contributed by atoms with Crippen LogP contribution < -0.4 is 5.73 Å². The lowest BCUT2D eigenvalue weighted by Crippen LogP contribution is -2.53. The van der Waals surface area contributed by atoms with Gasteiger partial charge in [0.2, 0.25) is 11.8 Å². The summed E-state index contributed by atoms with van der Waals surface area (Å²) in [5.41, 5.74) is 5.78. The van der Waals surface area contributed by atoms with E-state index >= 15 is 0 Å². The molecule has 2 N–H and O–H groups in total. The lowest BCUT2D eigenvalue weighted by molar-refractivity contribution is -0.139. The molecule has 0 aromatic carbocycles. The van der Waals surface area contributed by atoms with Crippen LogP contribution in [0.2, 0.25) is 0 Å². The predicted octanol–water partition coefficient (Wildman–Crippen LogP) is -0.0161. The third-order valence-electron chi connectivity index (χ3n) is 4.09. The summed E-state index contributed by atoms with van der Waals surface area (Å²) in [6.07, 6.45) is 0. The Bertz CT molecular complexity index is 363. The summed E-state index contributed by atoms with van der Waals surface area (Å²) in [5.74, 6) is 0.231. The van der Waals surface area contributed by atoms with Crippen molar-refractivity contribution in [3.63, 3.8) is 0 Å². The Labute approximate surface area is 128 Å². The Morgan fingerprint density at radius 1 is 1.14 bits per heavy atom. The normalized spacial score (nSPS) is 16.5. The molecule has 1 rings (SSSR count). The maximum absolute atomic E-state index is 12.4. The second kappa shape index (κ2) is 7.75. The fraction of sp³-hybridized carbons (Fsp3) is 0.867. The van der Waals surface area contributed by atoms with E-state index in [2.05, 4.69) is 25.7 Å². The largest absolute Gasteiger partial charge is 0.339 e. The summed E-state index contributed by atoms with van der Waals surface area (Å²) in [6.45, 7) is 13.1. The summed E-state index contributed by atoms with van der Waals surface area (Å²) in [7, 11) is 0. The van der Waals surface area contributed by atoms with E-state index in [0.29, 0.717) is 39.3 Å². The van der Waals surface area contributed by atoms with Gasteiger partial charge in [0, 0.05) is 39.6 Å². The van der Waals surface area contributed by atoms with Crippen molar-refractivity contribution in [1.29, 1.82) is 0 Å². The van der Waals surface area contributed by atoms with Gasteiger partial charge in [-0.2, -0.15) is 0 Å². The number of hydrogen-bond acceptors (Lipinski definition) is 4. The molecule has 0 unspecified atom stereocenters. The van der Waals surface area contributed by atoms with Crippen LogP contribution in [0.25, 0.3) is 0 Å². The Hall–Kier alpha value is -1.14. The van der Waals surface area contributed by atoms with Crippen LogP contribution in [-0.2, 0) is 9.59 Å². The molecule has 21 heavy (non-hydrogen) atoms. The van der Waals surface area contributed by atoms with Crippen LogP contribution in [0.1, 0.15) is 27.7 Å². The highest BCUT2D eigenvalue weighted by molar-refractivity contribution is 5.79. The van der Waals surface area contributed by atoms with Crippen molar-refractivity contribution in [3.8, 4) is 0 Å². The van der Waals surface area contributed by atoms with Crippen molar-refractivity contribution < 1.29 is 9.59 Å². The average molecular weight is 298 g/mol. The van der Waals surface area contributed by atoms with Gasteiger partial charge in [-0.15, -0.1) is 0 Å². The van der Waals surface area contributed by atoms with Gasteiger partial charge < -0.3 is 15.5 Å². The number of carbonyl (C=O) groups is 2. The fourth-order valence-corrected chi connectivity index (χ4v) is 2.51. The average Bonchev–Trinajstić information content (AvgIpc) is 2.46. The van der Waals surface area contributed by atoms with Crippen LogP contribution in [-0.4, -0.2) is 78.9 Å². The number of piperazine rings is 1. The molecule has 6 nitrogen and oxygen atoms in total. The third kappa shape index (κ3) is 5.63. The van der Waals surface area contributed by atoms with Gasteiger partial charge in [0.1, 0.15) is 0 Å². The van der Waals surface area contributed by atoms with Crippen molar-refractivity contribution in [2.24, 2.45) is 11.1 Å².